The number of hydrogen-bond donors (Lipinski definition) is 1. The first-order valence-electron chi connectivity index (χ1n) is 5.88. The van der Waals surface area contributed by atoms with Crippen molar-refractivity contribution in [2.45, 2.75) is 13.5 Å². The zero-order chi connectivity index (χ0) is 13.1. The third-order valence-electron chi connectivity index (χ3n) is 2.93. The van der Waals surface area contributed by atoms with Crippen LogP contribution in [0.4, 0.5) is 11.4 Å². The standard InChI is InChI=1S/C15H17BrN2/c1-11-5-3-4-6-15(11)18(2)10-12-7-13(16)9-14(17)8-12/h3-9H,10,17H2,1-2H3. The summed E-state index contributed by atoms with van der Waals surface area (Å²) in [5.74, 6) is 0. The summed E-state index contributed by atoms with van der Waals surface area (Å²) in [7, 11) is 2.10. The van der Waals surface area contributed by atoms with Crippen molar-refractivity contribution < 1.29 is 0 Å². The molecule has 0 atom stereocenters. The lowest BCUT2D eigenvalue weighted by Crippen LogP contribution is -2.17. The minimum atomic E-state index is 0.789. The number of para-hydroxylation sites is 1. The first-order chi connectivity index (χ1) is 8.56. The molecule has 2 N–H and O–H groups in total. The highest BCUT2D eigenvalue weighted by molar-refractivity contribution is 9.10. The van der Waals surface area contributed by atoms with Crippen molar-refractivity contribution in [1.82, 2.24) is 0 Å². The van der Waals surface area contributed by atoms with Crippen LogP contribution in [0.2, 0.25) is 0 Å². The van der Waals surface area contributed by atoms with Crippen LogP contribution < -0.4 is 10.6 Å². The van der Waals surface area contributed by atoms with E-state index < -0.39 is 0 Å². The van der Waals surface area contributed by atoms with Crippen LogP contribution in [0.25, 0.3) is 0 Å². The molecule has 94 valence electrons. The summed E-state index contributed by atoms with van der Waals surface area (Å²) >= 11 is 3.48. The lowest BCUT2D eigenvalue weighted by molar-refractivity contribution is 0.917. The molecular weight excluding hydrogens is 288 g/mol. The fraction of sp³-hybridized carbons (Fsp3) is 0.200. The van der Waals surface area contributed by atoms with Crippen LogP contribution in [0, 0.1) is 6.92 Å². The van der Waals surface area contributed by atoms with Gasteiger partial charge in [0.1, 0.15) is 0 Å². The van der Waals surface area contributed by atoms with Crippen molar-refractivity contribution in [2.24, 2.45) is 0 Å². The van der Waals surface area contributed by atoms with Crippen molar-refractivity contribution in [2.75, 3.05) is 17.7 Å². The molecule has 0 aliphatic rings. The average molecular weight is 305 g/mol. The van der Waals surface area contributed by atoms with Gasteiger partial charge in [0.2, 0.25) is 0 Å². The smallest absolute Gasteiger partial charge is 0.0427 e. The number of rotatable bonds is 3. The first kappa shape index (κ1) is 13.0. The fourth-order valence-corrected chi connectivity index (χ4v) is 2.68. The molecule has 2 aromatic rings. The van der Waals surface area contributed by atoms with E-state index in [1.807, 2.05) is 12.1 Å². The van der Waals surface area contributed by atoms with Gasteiger partial charge in [-0.15, -0.1) is 0 Å². The maximum Gasteiger partial charge on any atom is 0.0427 e. The van der Waals surface area contributed by atoms with Gasteiger partial charge in [-0.2, -0.15) is 0 Å². The van der Waals surface area contributed by atoms with Gasteiger partial charge in [0.05, 0.1) is 0 Å². The highest BCUT2D eigenvalue weighted by Crippen LogP contribution is 2.22. The molecule has 0 heterocycles. The van der Waals surface area contributed by atoms with Gasteiger partial charge in [-0.1, -0.05) is 34.1 Å². The van der Waals surface area contributed by atoms with Gasteiger partial charge in [0.25, 0.3) is 0 Å². The first-order valence-corrected chi connectivity index (χ1v) is 6.67. The second kappa shape index (κ2) is 5.44. The number of halogens is 1. The van der Waals surface area contributed by atoms with Gasteiger partial charge in [-0.05, 0) is 42.3 Å². The molecule has 0 aliphatic carbocycles. The molecule has 0 saturated carbocycles. The van der Waals surface area contributed by atoms with Gasteiger partial charge in [0, 0.05) is 29.4 Å². The molecule has 0 saturated heterocycles. The summed E-state index contributed by atoms with van der Waals surface area (Å²) in [4.78, 5) is 2.23. The fourth-order valence-electron chi connectivity index (χ4n) is 2.12. The lowest BCUT2D eigenvalue weighted by atomic mass is 10.1. The second-order valence-electron chi connectivity index (χ2n) is 4.54. The van der Waals surface area contributed by atoms with Gasteiger partial charge >= 0.3 is 0 Å². The molecule has 2 aromatic carbocycles. The van der Waals surface area contributed by atoms with E-state index in [0.29, 0.717) is 0 Å². The van der Waals surface area contributed by atoms with Crippen molar-refractivity contribution in [3.63, 3.8) is 0 Å². The summed E-state index contributed by atoms with van der Waals surface area (Å²) in [5, 5.41) is 0. The number of nitrogens with two attached hydrogens (primary N) is 1. The SMILES string of the molecule is Cc1ccccc1N(C)Cc1cc(N)cc(Br)c1. The summed E-state index contributed by atoms with van der Waals surface area (Å²) in [6.45, 7) is 2.97. The predicted octanol–water partition coefficient (Wildman–Crippen LogP) is 3.98. The largest absolute Gasteiger partial charge is 0.399 e. The van der Waals surface area contributed by atoms with Crippen LogP contribution in [-0.2, 0) is 6.54 Å². The zero-order valence-electron chi connectivity index (χ0n) is 10.7. The minimum Gasteiger partial charge on any atom is -0.399 e. The number of nitrogen functional groups attached to an aromatic ring is 1. The van der Waals surface area contributed by atoms with Crippen molar-refractivity contribution in [3.05, 3.63) is 58.1 Å². The molecule has 0 fully saturated rings. The third-order valence-corrected chi connectivity index (χ3v) is 3.38. The van der Waals surface area contributed by atoms with E-state index in [4.69, 9.17) is 5.73 Å². The monoisotopic (exact) mass is 304 g/mol. The lowest BCUT2D eigenvalue weighted by Gasteiger charge is -2.21. The molecule has 0 spiro atoms. The highest BCUT2D eigenvalue weighted by Gasteiger charge is 2.05. The Bertz CT molecular complexity index is 532. The number of nitrogens with zero attached hydrogens (tertiary/aromatic N) is 1. The van der Waals surface area contributed by atoms with Crippen LogP contribution >= 0.6 is 15.9 Å². The Balaban J connectivity index is 2.21. The number of hydrogen-bond acceptors (Lipinski definition) is 2. The van der Waals surface area contributed by atoms with Crippen molar-refractivity contribution >= 4 is 27.3 Å². The Hall–Kier alpha value is -1.48. The Kier molecular flexibility index (Phi) is 3.92. The molecule has 0 radical (unpaired) electrons. The van der Waals surface area contributed by atoms with E-state index in [2.05, 4.69) is 65.1 Å². The maximum absolute atomic E-state index is 5.86. The second-order valence-corrected chi connectivity index (χ2v) is 5.45. The van der Waals surface area contributed by atoms with Gasteiger partial charge in [-0.25, -0.2) is 0 Å². The van der Waals surface area contributed by atoms with E-state index in [0.717, 1.165) is 16.7 Å². The van der Waals surface area contributed by atoms with E-state index >= 15 is 0 Å². The summed E-state index contributed by atoms with van der Waals surface area (Å²) in [6, 6.07) is 14.4. The number of anilines is 2. The van der Waals surface area contributed by atoms with Crippen LogP contribution in [0.3, 0.4) is 0 Å². The number of benzene rings is 2. The molecule has 3 heteroatoms. The minimum absolute atomic E-state index is 0.789. The van der Waals surface area contributed by atoms with Gasteiger partial charge < -0.3 is 10.6 Å². The van der Waals surface area contributed by atoms with Crippen molar-refractivity contribution in [1.29, 1.82) is 0 Å². The van der Waals surface area contributed by atoms with E-state index in [1.54, 1.807) is 0 Å². The van der Waals surface area contributed by atoms with Crippen LogP contribution in [0.15, 0.2) is 46.9 Å². The van der Waals surface area contributed by atoms with Crippen molar-refractivity contribution in [3.8, 4) is 0 Å². The molecule has 0 bridgehead atoms. The number of aryl methyl sites for hydroxylation is 1. The third kappa shape index (κ3) is 3.05. The Morgan fingerprint density at radius 3 is 2.56 bits per heavy atom. The van der Waals surface area contributed by atoms with Crippen LogP contribution in [0.1, 0.15) is 11.1 Å². The highest BCUT2D eigenvalue weighted by atomic mass is 79.9. The molecule has 0 aromatic heterocycles. The molecule has 0 unspecified atom stereocenters. The predicted molar refractivity (Wildman–Crippen MR) is 81.8 cm³/mol. The Morgan fingerprint density at radius 2 is 1.89 bits per heavy atom. The quantitative estimate of drug-likeness (QED) is 0.869. The van der Waals surface area contributed by atoms with E-state index in [9.17, 15) is 0 Å². The average Bonchev–Trinajstić information content (AvgIpc) is 2.27. The molecular formula is C15H17BrN2. The zero-order valence-corrected chi connectivity index (χ0v) is 12.2. The van der Waals surface area contributed by atoms with Gasteiger partial charge in [0.15, 0.2) is 0 Å². The summed E-state index contributed by atoms with van der Waals surface area (Å²) in [5.41, 5.74) is 10.4. The molecule has 2 nitrogen and oxygen atoms in total. The molecule has 0 amide bonds. The Morgan fingerprint density at radius 1 is 1.17 bits per heavy atom. The summed E-state index contributed by atoms with van der Waals surface area (Å²) < 4.78 is 1.02. The maximum atomic E-state index is 5.86. The molecule has 0 aliphatic heterocycles. The van der Waals surface area contributed by atoms with E-state index in [-0.39, 0.29) is 0 Å². The van der Waals surface area contributed by atoms with Crippen LogP contribution in [0.5, 0.6) is 0 Å². The van der Waals surface area contributed by atoms with E-state index in [1.165, 1.54) is 16.8 Å². The molecule has 18 heavy (non-hydrogen) atoms. The normalized spacial score (nSPS) is 10.4. The Labute approximate surface area is 117 Å². The van der Waals surface area contributed by atoms with Gasteiger partial charge in [-0.3, -0.25) is 0 Å². The summed E-state index contributed by atoms with van der Waals surface area (Å²) in [6.07, 6.45) is 0. The van der Waals surface area contributed by atoms with Crippen LogP contribution in [-0.4, -0.2) is 7.05 Å². The topological polar surface area (TPSA) is 29.3 Å². The molecule has 2 rings (SSSR count).